The SMILES string of the molecule is CCC/C(CC)=C(/CO)C[C@](O)(CC(O)C(O)CC)C(C)N=O. The Morgan fingerprint density at radius 1 is 1.13 bits per heavy atom. The molecule has 0 amide bonds. The zero-order valence-corrected chi connectivity index (χ0v) is 14.8. The van der Waals surface area contributed by atoms with Gasteiger partial charge in [0.1, 0.15) is 6.04 Å². The Labute approximate surface area is 139 Å². The van der Waals surface area contributed by atoms with Gasteiger partial charge >= 0.3 is 0 Å². The van der Waals surface area contributed by atoms with E-state index in [1.54, 1.807) is 6.92 Å². The van der Waals surface area contributed by atoms with Crippen LogP contribution in [-0.2, 0) is 0 Å². The molecule has 6 heteroatoms. The van der Waals surface area contributed by atoms with E-state index in [9.17, 15) is 25.3 Å². The van der Waals surface area contributed by atoms with Crippen molar-refractivity contribution in [3.8, 4) is 0 Å². The van der Waals surface area contributed by atoms with Crippen molar-refractivity contribution in [3.63, 3.8) is 0 Å². The lowest BCUT2D eigenvalue weighted by molar-refractivity contribution is -0.0652. The van der Waals surface area contributed by atoms with Crippen LogP contribution in [0.5, 0.6) is 0 Å². The summed E-state index contributed by atoms with van der Waals surface area (Å²) in [6.45, 7) is 7.02. The molecule has 0 aliphatic heterocycles. The van der Waals surface area contributed by atoms with Gasteiger partial charge in [0.2, 0.25) is 0 Å². The Hall–Kier alpha value is -0.820. The van der Waals surface area contributed by atoms with Gasteiger partial charge in [0.15, 0.2) is 0 Å². The van der Waals surface area contributed by atoms with Crippen LogP contribution in [0, 0.1) is 4.91 Å². The standard InChI is InChI=1S/C17H33NO5/c1-5-8-13(6-2)14(11-19)9-17(22,12(4)18-23)10-16(21)15(20)7-3/h12,15-16,19-22H,5-11H2,1-4H3/b14-13+/t12?,15?,16?,17-/m0/s1. The number of nitroso groups, excluding NO2 is 1. The van der Waals surface area contributed by atoms with Crippen LogP contribution in [0.3, 0.4) is 0 Å². The topological polar surface area (TPSA) is 110 Å². The number of aliphatic hydroxyl groups is 4. The maximum absolute atomic E-state index is 11.0. The fraction of sp³-hybridized carbons (Fsp3) is 0.882. The fourth-order valence-corrected chi connectivity index (χ4v) is 2.83. The number of rotatable bonds is 12. The van der Waals surface area contributed by atoms with Gasteiger partial charge in [-0.15, -0.1) is 0 Å². The number of hydrogen-bond donors (Lipinski definition) is 4. The van der Waals surface area contributed by atoms with Crippen molar-refractivity contribution in [1.82, 2.24) is 0 Å². The summed E-state index contributed by atoms with van der Waals surface area (Å²) in [4.78, 5) is 11.0. The highest BCUT2D eigenvalue weighted by molar-refractivity contribution is 5.18. The van der Waals surface area contributed by atoms with Crippen LogP contribution in [0.2, 0.25) is 0 Å². The molecule has 0 aromatic carbocycles. The van der Waals surface area contributed by atoms with E-state index >= 15 is 0 Å². The van der Waals surface area contributed by atoms with E-state index in [2.05, 4.69) is 5.18 Å². The smallest absolute Gasteiger partial charge is 0.118 e. The Bertz CT molecular complexity index is 385. The van der Waals surface area contributed by atoms with E-state index < -0.39 is 23.9 Å². The molecule has 0 aliphatic carbocycles. The second kappa shape index (κ2) is 10.9. The van der Waals surface area contributed by atoms with E-state index in [1.165, 1.54) is 6.92 Å². The lowest BCUT2D eigenvalue weighted by Gasteiger charge is -2.34. The van der Waals surface area contributed by atoms with Crippen molar-refractivity contribution in [2.45, 2.75) is 90.1 Å². The first kappa shape index (κ1) is 22.2. The van der Waals surface area contributed by atoms with Crippen LogP contribution in [0.15, 0.2) is 16.3 Å². The molecule has 0 rings (SSSR count). The van der Waals surface area contributed by atoms with E-state index in [0.717, 1.165) is 24.8 Å². The van der Waals surface area contributed by atoms with Crippen LogP contribution < -0.4 is 0 Å². The minimum atomic E-state index is -1.59. The van der Waals surface area contributed by atoms with Gasteiger partial charge in [0, 0.05) is 12.8 Å². The molecular weight excluding hydrogens is 298 g/mol. The Morgan fingerprint density at radius 3 is 2.13 bits per heavy atom. The Balaban J connectivity index is 5.49. The number of allylic oxidation sites excluding steroid dienone is 1. The maximum Gasteiger partial charge on any atom is 0.118 e. The highest BCUT2D eigenvalue weighted by Gasteiger charge is 2.39. The summed E-state index contributed by atoms with van der Waals surface area (Å²) in [5.74, 6) is 0. The number of hydrogen-bond acceptors (Lipinski definition) is 6. The average molecular weight is 331 g/mol. The molecular formula is C17H33NO5. The first-order chi connectivity index (χ1) is 10.8. The minimum absolute atomic E-state index is 0.0626. The summed E-state index contributed by atoms with van der Waals surface area (Å²) < 4.78 is 0. The van der Waals surface area contributed by atoms with E-state index in [-0.39, 0.29) is 19.4 Å². The maximum atomic E-state index is 11.0. The molecule has 0 aromatic heterocycles. The summed E-state index contributed by atoms with van der Waals surface area (Å²) >= 11 is 0. The van der Waals surface area contributed by atoms with Crippen LogP contribution in [-0.4, -0.2) is 50.9 Å². The summed E-state index contributed by atoms with van der Waals surface area (Å²) in [5, 5.41) is 43.3. The molecule has 0 aromatic rings. The molecule has 4 atom stereocenters. The molecule has 136 valence electrons. The number of aliphatic hydroxyl groups excluding tert-OH is 3. The summed E-state index contributed by atoms with van der Waals surface area (Å²) in [7, 11) is 0. The molecule has 0 heterocycles. The van der Waals surface area contributed by atoms with Gasteiger partial charge in [-0.3, -0.25) is 0 Å². The molecule has 23 heavy (non-hydrogen) atoms. The number of nitrogens with zero attached hydrogens (tertiary/aromatic N) is 1. The normalized spacial score (nSPS) is 19.5. The molecule has 0 saturated heterocycles. The van der Waals surface area contributed by atoms with Crippen molar-refractivity contribution in [3.05, 3.63) is 16.1 Å². The molecule has 0 saturated carbocycles. The second-order valence-electron chi connectivity index (χ2n) is 6.28. The molecule has 6 nitrogen and oxygen atoms in total. The third-order valence-corrected chi connectivity index (χ3v) is 4.55. The zero-order valence-electron chi connectivity index (χ0n) is 14.8. The minimum Gasteiger partial charge on any atom is -0.392 e. The van der Waals surface area contributed by atoms with Gasteiger partial charge in [0.05, 0.1) is 24.4 Å². The first-order valence-electron chi connectivity index (χ1n) is 8.51. The first-order valence-corrected chi connectivity index (χ1v) is 8.51. The van der Waals surface area contributed by atoms with Crippen molar-refractivity contribution < 1.29 is 20.4 Å². The van der Waals surface area contributed by atoms with Crippen LogP contribution in [0.1, 0.15) is 66.2 Å². The van der Waals surface area contributed by atoms with Crippen molar-refractivity contribution in [2.24, 2.45) is 5.18 Å². The van der Waals surface area contributed by atoms with Crippen LogP contribution in [0.25, 0.3) is 0 Å². The van der Waals surface area contributed by atoms with Gasteiger partial charge < -0.3 is 20.4 Å². The van der Waals surface area contributed by atoms with E-state index in [4.69, 9.17) is 0 Å². The van der Waals surface area contributed by atoms with Gasteiger partial charge in [0.25, 0.3) is 0 Å². The Kier molecular flexibility index (Phi) is 10.5. The zero-order chi connectivity index (χ0) is 18.0. The second-order valence-corrected chi connectivity index (χ2v) is 6.28. The van der Waals surface area contributed by atoms with Crippen LogP contribution in [0.4, 0.5) is 0 Å². The Morgan fingerprint density at radius 2 is 1.74 bits per heavy atom. The average Bonchev–Trinajstić information content (AvgIpc) is 2.55. The third kappa shape index (κ3) is 6.67. The quantitative estimate of drug-likeness (QED) is 0.324. The van der Waals surface area contributed by atoms with Gasteiger partial charge in [-0.25, -0.2) is 0 Å². The lowest BCUT2D eigenvalue weighted by atomic mass is 9.80. The van der Waals surface area contributed by atoms with Crippen molar-refractivity contribution >= 4 is 0 Å². The predicted molar refractivity (Wildman–Crippen MR) is 91.1 cm³/mol. The largest absolute Gasteiger partial charge is 0.392 e. The third-order valence-electron chi connectivity index (χ3n) is 4.55. The lowest BCUT2D eigenvalue weighted by Crippen LogP contribution is -2.45. The van der Waals surface area contributed by atoms with Crippen LogP contribution >= 0.6 is 0 Å². The molecule has 0 fully saturated rings. The van der Waals surface area contributed by atoms with Crippen molar-refractivity contribution in [2.75, 3.05) is 6.61 Å². The molecule has 0 radical (unpaired) electrons. The van der Waals surface area contributed by atoms with Crippen molar-refractivity contribution in [1.29, 1.82) is 0 Å². The molecule has 0 bridgehead atoms. The summed E-state index contributed by atoms with van der Waals surface area (Å²) in [6, 6.07) is -0.956. The summed E-state index contributed by atoms with van der Waals surface area (Å²) in [5.41, 5.74) is 0.145. The summed E-state index contributed by atoms with van der Waals surface area (Å²) in [6.07, 6.45) is 0.611. The predicted octanol–water partition coefficient (Wildman–Crippen LogP) is 2.28. The monoisotopic (exact) mass is 331 g/mol. The van der Waals surface area contributed by atoms with Gasteiger partial charge in [-0.2, -0.15) is 4.91 Å². The molecule has 3 unspecified atom stereocenters. The highest BCUT2D eigenvalue weighted by atomic mass is 16.3. The van der Waals surface area contributed by atoms with E-state index in [0.29, 0.717) is 12.0 Å². The molecule has 0 aliphatic rings. The van der Waals surface area contributed by atoms with Gasteiger partial charge in [-0.05, 0) is 31.8 Å². The molecule has 0 spiro atoms. The molecule has 4 N–H and O–H groups in total. The van der Waals surface area contributed by atoms with Gasteiger partial charge in [-0.1, -0.05) is 37.9 Å². The fourth-order valence-electron chi connectivity index (χ4n) is 2.83. The van der Waals surface area contributed by atoms with E-state index in [1.807, 2.05) is 13.8 Å². The highest BCUT2D eigenvalue weighted by Crippen LogP contribution is 2.31.